The molecule has 0 radical (unpaired) electrons. The maximum absolute atomic E-state index is 16.7. The van der Waals surface area contributed by atoms with Crippen LogP contribution in [0.3, 0.4) is 0 Å². The van der Waals surface area contributed by atoms with Gasteiger partial charge < -0.3 is 29.9 Å². The van der Waals surface area contributed by atoms with Crippen LogP contribution in [0.5, 0.6) is 23.0 Å². The third-order valence-corrected chi connectivity index (χ3v) is 6.63. The average Bonchev–Trinajstić information content (AvgIpc) is 3.00. The standard InChI is InChI=1S/C31H18F6O10/c32-29(30(33,34)31(35,36)37,15-3-1-5-17(11-15)46-19-7-9-21(25(38)39)23(13-19)27(42)43)16-4-2-6-18(12-16)47-20-8-10-22(26(40)41)24(14-20)28(44)45/h1-14H,(H,38,39)(H,40,41)(H,42,43)(H,44,45). The molecule has 0 aliphatic rings. The molecule has 47 heavy (non-hydrogen) atoms. The fourth-order valence-corrected chi connectivity index (χ4v) is 4.45. The summed E-state index contributed by atoms with van der Waals surface area (Å²) in [5, 5.41) is 37.0. The van der Waals surface area contributed by atoms with E-state index in [4.69, 9.17) is 9.47 Å². The molecule has 0 unspecified atom stereocenters. The van der Waals surface area contributed by atoms with E-state index in [1.807, 2.05) is 0 Å². The van der Waals surface area contributed by atoms with Gasteiger partial charge in [0.15, 0.2) is 0 Å². The minimum atomic E-state index is -6.46. The molecule has 4 N–H and O–H groups in total. The Balaban J connectivity index is 1.80. The first kappa shape index (κ1) is 33.8. The molecule has 0 amide bonds. The Morgan fingerprint density at radius 1 is 0.468 bits per heavy atom. The Labute approximate surface area is 258 Å². The minimum Gasteiger partial charge on any atom is -0.478 e. The lowest BCUT2D eigenvalue weighted by molar-refractivity contribution is -0.323. The number of alkyl halides is 6. The quantitative estimate of drug-likeness (QED) is 0.118. The van der Waals surface area contributed by atoms with Gasteiger partial charge in [-0.1, -0.05) is 24.3 Å². The monoisotopic (exact) mass is 664 g/mol. The van der Waals surface area contributed by atoms with E-state index < -0.39 is 86.5 Å². The zero-order valence-electron chi connectivity index (χ0n) is 23.1. The van der Waals surface area contributed by atoms with Gasteiger partial charge >= 0.3 is 36.0 Å². The van der Waals surface area contributed by atoms with Crippen molar-refractivity contribution in [1.29, 1.82) is 0 Å². The lowest BCUT2D eigenvalue weighted by Gasteiger charge is -2.35. The van der Waals surface area contributed by atoms with Crippen LogP contribution in [0.1, 0.15) is 52.6 Å². The van der Waals surface area contributed by atoms with E-state index in [0.717, 1.165) is 60.7 Å². The molecule has 0 bridgehead atoms. The maximum atomic E-state index is 16.7. The first-order valence-corrected chi connectivity index (χ1v) is 12.8. The van der Waals surface area contributed by atoms with E-state index in [1.54, 1.807) is 0 Å². The number of hydrogen-bond acceptors (Lipinski definition) is 6. The molecule has 10 nitrogen and oxygen atoms in total. The van der Waals surface area contributed by atoms with Crippen LogP contribution in [-0.4, -0.2) is 56.4 Å². The highest BCUT2D eigenvalue weighted by Crippen LogP contribution is 2.55. The molecule has 4 aromatic rings. The number of carboxylic acids is 4. The van der Waals surface area contributed by atoms with Crippen LogP contribution >= 0.6 is 0 Å². The predicted octanol–water partition coefficient (Wildman–Crippen LogP) is 7.47. The molecule has 0 heterocycles. The fraction of sp³-hybridized carbons (Fsp3) is 0.0968. The van der Waals surface area contributed by atoms with Crippen LogP contribution in [0.2, 0.25) is 0 Å². The van der Waals surface area contributed by atoms with Crippen molar-refractivity contribution in [2.75, 3.05) is 0 Å². The van der Waals surface area contributed by atoms with Crippen LogP contribution in [-0.2, 0) is 5.67 Å². The number of rotatable bonds is 11. The third kappa shape index (κ3) is 6.51. The van der Waals surface area contributed by atoms with E-state index in [9.17, 15) is 52.8 Å². The molecule has 0 saturated heterocycles. The highest BCUT2D eigenvalue weighted by Gasteiger charge is 2.72. The van der Waals surface area contributed by atoms with Crippen molar-refractivity contribution in [3.63, 3.8) is 0 Å². The van der Waals surface area contributed by atoms with Gasteiger partial charge in [-0.25, -0.2) is 23.6 Å². The molecule has 244 valence electrons. The van der Waals surface area contributed by atoms with E-state index in [2.05, 4.69) is 0 Å². The number of carbonyl (C=O) groups is 4. The summed E-state index contributed by atoms with van der Waals surface area (Å²) >= 11 is 0. The van der Waals surface area contributed by atoms with Crippen molar-refractivity contribution in [3.8, 4) is 23.0 Å². The average molecular weight is 664 g/mol. The van der Waals surface area contributed by atoms with E-state index in [0.29, 0.717) is 24.3 Å². The van der Waals surface area contributed by atoms with Gasteiger partial charge in [-0.05, 0) is 60.7 Å². The normalized spacial score (nSPS) is 11.9. The first-order valence-electron chi connectivity index (χ1n) is 12.8. The van der Waals surface area contributed by atoms with Crippen LogP contribution in [0.15, 0.2) is 84.9 Å². The number of benzene rings is 4. The molecule has 0 saturated carbocycles. The molecule has 0 atom stereocenters. The summed E-state index contributed by atoms with van der Waals surface area (Å²) in [6.45, 7) is 0. The Bertz CT molecular complexity index is 1780. The van der Waals surface area contributed by atoms with Crippen molar-refractivity contribution in [3.05, 3.63) is 118 Å². The molecule has 4 rings (SSSR count). The summed E-state index contributed by atoms with van der Waals surface area (Å²) < 4.78 is 99.1. The molecule has 4 aromatic carbocycles. The minimum absolute atomic E-state index is 0.373. The van der Waals surface area contributed by atoms with Crippen molar-refractivity contribution < 1.29 is 75.4 Å². The number of carboxylic acid groups (broad SMARTS) is 4. The molecule has 16 heteroatoms. The van der Waals surface area contributed by atoms with Gasteiger partial charge in [-0.15, -0.1) is 0 Å². The number of ether oxygens (including phenoxy) is 2. The largest absolute Gasteiger partial charge is 0.478 e. The van der Waals surface area contributed by atoms with Gasteiger partial charge in [0.2, 0.25) is 5.67 Å². The van der Waals surface area contributed by atoms with Gasteiger partial charge in [0.05, 0.1) is 22.3 Å². The summed E-state index contributed by atoms with van der Waals surface area (Å²) in [7, 11) is 0. The molecule has 0 aliphatic heterocycles. The fourth-order valence-electron chi connectivity index (χ4n) is 4.45. The van der Waals surface area contributed by atoms with Crippen molar-refractivity contribution in [1.82, 2.24) is 0 Å². The van der Waals surface area contributed by atoms with Gasteiger partial charge in [0.1, 0.15) is 23.0 Å². The number of hydrogen-bond donors (Lipinski definition) is 4. The highest BCUT2D eigenvalue weighted by molar-refractivity contribution is 6.02. The van der Waals surface area contributed by atoms with Gasteiger partial charge in [0.25, 0.3) is 0 Å². The zero-order valence-corrected chi connectivity index (χ0v) is 23.1. The van der Waals surface area contributed by atoms with Crippen LogP contribution in [0.4, 0.5) is 26.3 Å². The lowest BCUT2D eigenvalue weighted by Crippen LogP contribution is -2.53. The summed E-state index contributed by atoms with van der Waals surface area (Å²) in [6.07, 6.45) is -6.46. The summed E-state index contributed by atoms with van der Waals surface area (Å²) in [5.74, 6) is -14.5. The topological polar surface area (TPSA) is 168 Å². The second-order valence-corrected chi connectivity index (χ2v) is 9.63. The SMILES string of the molecule is O=C(O)c1ccc(Oc2cccc(C(F)(c3cccc(Oc4ccc(C(=O)O)c(C(=O)O)c4)c3)C(F)(F)C(F)(F)F)c2)cc1C(=O)O. The maximum Gasteiger partial charge on any atom is 0.457 e. The first-order chi connectivity index (χ1) is 21.9. The van der Waals surface area contributed by atoms with Crippen molar-refractivity contribution in [2.45, 2.75) is 17.8 Å². The summed E-state index contributed by atoms with van der Waals surface area (Å²) in [6, 6.07) is 11.2. The molecule has 0 fully saturated rings. The van der Waals surface area contributed by atoms with Crippen LogP contribution in [0, 0.1) is 0 Å². The van der Waals surface area contributed by atoms with E-state index in [1.165, 1.54) is 0 Å². The second-order valence-electron chi connectivity index (χ2n) is 9.63. The second kappa shape index (κ2) is 12.4. The van der Waals surface area contributed by atoms with E-state index in [-0.39, 0.29) is 11.5 Å². The van der Waals surface area contributed by atoms with Gasteiger partial charge in [-0.3, -0.25) is 0 Å². The number of aromatic carboxylic acids is 4. The van der Waals surface area contributed by atoms with Gasteiger partial charge in [0, 0.05) is 11.1 Å². The highest BCUT2D eigenvalue weighted by atomic mass is 19.4. The molecular weight excluding hydrogens is 646 g/mol. The van der Waals surface area contributed by atoms with Crippen LogP contribution < -0.4 is 9.47 Å². The Kier molecular flexibility index (Phi) is 8.91. The predicted molar refractivity (Wildman–Crippen MR) is 147 cm³/mol. The molecular formula is C31H18F6O10. The number of halogens is 6. The smallest absolute Gasteiger partial charge is 0.457 e. The summed E-state index contributed by atoms with van der Waals surface area (Å²) in [4.78, 5) is 45.6. The zero-order chi connectivity index (χ0) is 34.9. The molecule has 0 aliphatic carbocycles. The van der Waals surface area contributed by atoms with Crippen molar-refractivity contribution in [2.24, 2.45) is 0 Å². The molecule has 0 spiro atoms. The van der Waals surface area contributed by atoms with Crippen LogP contribution in [0.25, 0.3) is 0 Å². The van der Waals surface area contributed by atoms with E-state index >= 15 is 13.2 Å². The third-order valence-electron chi connectivity index (χ3n) is 6.63. The lowest BCUT2D eigenvalue weighted by atomic mass is 9.82. The Morgan fingerprint density at radius 2 is 0.809 bits per heavy atom. The summed E-state index contributed by atoms with van der Waals surface area (Å²) in [5.41, 5.74) is -9.94. The molecule has 0 aromatic heterocycles. The van der Waals surface area contributed by atoms with Crippen molar-refractivity contribution >= 4 is 23.9 Å². The Hall–Kier alpha value is -6.06. The Morgan fingerprint density at radius 3 is 1.13 bits per heavy atom. The van der Waals surface area contributed by atoms with Gasteiger partial charge in [-0.2, -0.15) is 22.0 Å².